The molecule has 2 aromatic carbocycles. The number of aliphatic hydroxyl groups is 1. The van der Waals surface area contributed by atoms with Crippen molar-refractivity contribution < 1.29 is 38.5 Å². The van der Waals surface area contributed by atoms with Gasteiger partial charge in [-0.3, -0.25) is 14.5 Å². The molecule has 76 heavy (non-hydrogen) atoms. The van der Waals surface area contributed by atoms with E-state index in [0.717, 1.165) is 97.8 Å². The number of aromatic hydroxyl groups is 1. The van der Waals surface area contributed by atoms with Crippen molar-refractivity contribution in [3.8, 4) is 39.2 Å². The molecule has 6 aromatic rings. The van der Waals surface area contributed by atoms with Gasteiger partial charge >= 0.3 is 0 Å². The van der Waals surface area contributed by atoms with Crippen LogP contribution in [-0.4, -0.2) is 146 Å². The lowest BCUT2D eigenvalue weighted by Crippen LogP contribution is -2.54. The minimum absolute atomic E-state index is 0.0568. The van der Waals surface area contributed by atoms with E-state index >= 15 is 0 Å². The lowest BCUT2D eigenvalue weighted by molar-refractivity contribution is -0.141. The predicted octanol–water partition coefficient (Wildman–Crippen LogP) is 6.59. The largest absolute Gasteiger partial charge is 0.507 e. The standard InChI is InChI=1S/C56H67N11O8S/c1-33(2)52(56(71)66-31-40(68)23-47(66)55(70)59-28-35-8-10-36(11-9-35)53-34(3)60-32-76-53)49-27-51(63-75-49)72-21-20-64-18-15-41(16-19-64)73-42-24-43(25-42)74-50-22-37(14-17-58-50)67-38-12-13-39(67)30-65(29-38)46-26-45(61-62-54(46)57)44-6-4-5-7-48(44)69/h4-11,14,17,22,26-27,32-33,38-43,47,52,68-69H,12-13,15-16,18-21,23-25,28-31H2,1-3H3,(H2,57,62)(H,59,70)/t38?,39?,40-,42-,43-,47+,52?/m1/s1. The van der Waals surface area contributed by atoms with Crippen molar-refractivity contribution in [1.82, 2.24) is 40.4 Å². The summed E-state index contributed by atoms with van der Waals surface area (Å²) in [5.41, 5.74) is 14.4. The summed E-state index contributed by atoms with van der Waals surface area (Å²) in [5.74, 6) is 0.359. The number of para-hydroxylation sites is 1. The second-order valence-corrected chi connectivity index (χ2v) is 22.1. The molecule has 5 aliphatic rings. The highest BCUT2D eigenvalue weighted by molar-refractivity contribution is 7.13. The lowest BCUT2D eigenvalue weighted by atomic mass is 9.91. The number of rotatable bonds is 18. The molecule has 8 heterocycles. The van der Waals surface area contributed by atoms with E-state index < -0.39 is 18.1 Å². The Morgan fingerprint density at radius 3 is 2.41 bits per heavy atom. The molecule has 0 spiro atoms. The third kappa shape index (κ3) is 11.2. The third-order valence-corrected chi connectivity index (χ3v) is 16.8. The smallest absolute Gasteiger partial charge is 0.254 e. The first-order valence-electron chi connectivity index (χ1n) is 26.7. The Morgan fingerprint density at radius 1 is 0.895 bits per heavy atom. The van der Waals surface area contributed by atoms with Crippen molar-refractivity contribution in [3.63, 3.8) is 0 Å². The van der Waals surface area contributed by atoms with Gasteiger partial charge in [0, 0.05) is 107 Å². The molecule has 4 saturated heterocycles. The number of aliphatic hydroxyl groups excluding tert-OH is 1. The molecule has 2 amide bonds. The van der Waals surface area contributed by atoms with Crippen LogP contribution in [0.4, 0.5) is 17.2 Å². The fourth-order valence-corrected chi connectivity index (χ4v) is 12.5. The number of thiazole rings is 1. The van der Waals surface area contributed by atoms with E-state index in [-0.39, 0.29) is 66.8 Å². The summed E-state index contributed by atoms with van der Waals surface area (Å²) in [4.78, 5) is 46.4. The first kappa shape index (κ1) is 51.2. The molecule has 5 N–H and O–H groups in total. The zero-order valence-electron chi connectivity index (χ0n) is 43.2. The van der Waals surface area contributed by atoms with Crippen LogP contribution in [0.5, 0.6) is 17.5 Å². The Hall–Kier alpha value is -6.87. The molecule has 2 bridgehead atoms. The Labute approximate surface area is 446 Å². The van der Waals surface area contributed by atoms with E-state index in [1.54, 1.807) is 29.5 Å². The molecule has 4 aliphatic heterocycles. The second-order valence-electron chi connectivity index (χ2n) is 21.3. The van der Waals surface area contributed by atoms with Crippen LogP contribution >= 0.6 is 11.3 Å². The number of fused-ring (bicyclic) bond motifs is 2. The fraction of sp³-hybridized carbons (Fsp3) is 0.482. The van der Waals surface area contributed by atoms with Crippen LogP contribution in [0.25, 0.3) is 21.7 Å². The van der Waals surface area contributed by atoms with E-state index in [0.29, 0.717) is 54.3 Å². The number of amides is 2. The number of phenols is 1. The first-order chi connectivity index (χ1) is 36.9. The molecule has 1 saturated carbocycles. The van der Waals surface area contributed by atoms with Gasteiger partial charge in [0.1, 0.15) is 30.4 Å². The summed E-state index contributed by atoms with van der Waals surface area (Å²) in [6, 6.07) is 22.6. The number of nitrogens with two attached hydrogens (primary N) is 1. The summed E-state index contributed by atoms with van der Waals surface area (Å²) in [7, 11) is 0. The summed E-state index contributed by atoms with van der Waals surface area (Å²) >= 11 is 1.59. The number of piperidine rings is 1. The van der Waals surface area contributed by atoms with E-state index in [9.17, 15) is 19.8 Å². The van der Waals surface area contributed by atoms with Gasteiger partial charge in [-0.05, 0) is 79.1 Å². The zero-order valence-corrected chi connectivity index (χ0v) is 44.1. The van der Waals surface area contributed by atoms with Gasteiger partial charge in [0.2, 0.25) is 17.7 Å². The number of piperazine rings is 1. The number of anilines is 3. The van der Waals surface area contributed by atoms with E-state index in [2.05, 4.69) is 57.5 Å². The van der Waals surface area contributed by atoms with Crippen LogP contribution in [0.2, 0.25) is 0 Å². The van der Waals surface area contributed by atoms with Gasteiger partial charge in [-0.1, -0.05) is 50.2 Å². The number of aryl methyl sites for hydroxylation is 1. The average molecular weight is 1050 g/mol. The van der Waals surface area contributed by atoms with Crippen molar-refractivity contribution >= 4 is 40.3 Å². The molecule has 11 rings (SSSR count). The minimum Gasteiger partial charge on any atom is -0.507 e. The highest BCUT2D eigenvalue weighted by Crippen LogP contribution is 2.41. The summed E-state index contributed by atoms with van der Waals surface area (Å²) in [6.45, 7) is 10.7. The molecule has 3 unspecified atom stereocenters. The maximum absolute atomic E-state index is 14.2. The number of aromatic nitrogens is 5. The van der Waals surface area contributed by atoms with Crippen molar-refractivity contribution in [2.24, 2.45) is 5.92 Å². The SMILES string of the molecule is Cc1ncsc1-c1ccc(CNC(=O)[C@@H]2C[C@@H](O)CN2C(=O)C(c2cc(OCCN3CCC(O[C@H]4C[C@H](Oc5cc(N6C7CCC6CN(c6cc(-c8ccccc8O)nnc6N)C7)ccn5)C4)CC3)no2)C(C)C)cc1. The second kappa shape index (κ2) is 22.4. The number of β-amino-alcohol motifs (C(OH)–C–C–N with tert-alkyl or cyclic N) is 1. The zero-order chi connectivity index (χ0) is 52.5. The predicted molar refractivity (Wildman–Crippen MR) is 287 cm³/mol. The average Bonchev–Trinajstić information content (AvgIpc) is 4.21. The van der Waals surface area contributed by atoms with Gasteiger partial charge in [-0.25, -0.2) is 9.97 Å². The number of pyridine rings is 1. The lowest BCUT2D eigenvalue weighted by Gasteiger charge is -2.43. The highest BCUT2D eigenvalue weighted by atomic mass is 32.1. The van der Waals surface area contributed by atoms with Crippen LogP contribution in [0.1, 0.15) is 81.7 Å². The number of carbonyl (C=O) groups is 2. The van der Waals surface area contributed by atoms with Gasteiger partial charge in [0.25, 0.3) is 5.88 Å². The number of ether oxygens (including phenoxy) is 3. The van der Waals surface area contributed by atoms with Crippen LogP contribution in [0.3, 0.4) is 0 Å². The van der Waals surface area contributed by atoms with Crippen molar-refractivity contribution in [3.05, 3.63) is 102 Å². The molecule has 0 radical (unpaired) electrons. The van der Waals surface area contributed by atoms with Crippen LogP contribution in [0, 0.1) is 12.8 Å². The molecule has 1 aliphatic carbocycles. The number of nitrogens with one attached hydrogen (secondary N) is 1. The van der Waals surface area contributed by atoms with Gasteiger partial charge in [0.15, 0.2) is 11.6 Å². The molecule has 5 atom stereocenters. The van der Waals surface area contributed by atoms with Crippen molar-refractivity contribution in [2.45, 2.75) is 121 Å². The number of nitrogens with zero attached hydrogens (tertiary/aromatic N) is 9. The third-order valence-electron chi connectivity index (χ3n) is 15.8. The van der Waals surface area contributed by atoms with Crippen molar-refractivity contribution in [2.75, 3.05) is 61.4 Å². The number of benzene rings is 2. The summed E-state index contributed by atoms with van der Waals surface area (Å²) in [6.07, 6.45) is 7.25. The fourth-order valence-electron chi connectivity index (χ4n) is 11.7. The van der Waals surface area contributed by atoms with Crippen LogP contribution < -0.4 is 30.3 Å². The molecule has 20 heteroatoms. The maximum atomic E-state index is 14.2. The number of hydrogen-bond acceptors (Lipinski definition) is 18. The Bertz CT molecular complexity index is 2960. The summed E-state index contributed by atoms with van der Waals surface area (Å²) in [5, 5.41) is 36.8. The van der Waals surface area contributed by atoms with Crippen molar-refractivity contribution in [1.29, 1.82) is 0 Å². The van der Waals surface area contributed by atoms with Gasteiger partial charge in [-0.15, -0.1) is 21.5 Å². The quantitative estimate of drug-likeness (QED) is 0.0711. The van der Waals surface area contributed by atoms with Crippen LogP contribution in [-0.2, 0) is 20.9 Å². The highest BCUT2D eigenvalue weighted by Gasteiger charge is 2.44. The molecule has 4 aromatic heterocycles. The van der Waals surface area contributed by atoms with Crippen LogP contribution in [0.15, 0.2) is 89.0 Å². The summed E-state index contributed by atoms with van der Waals surface area (Å²) < 4.78 is 24.7. The number of phenolic OH excluding ortho intramolecular Hbond substituents is 1. The Kier molecular flexibility index (Phi) is 15.1. The molecular weight excluding hydrogens is 987 g/mol. The number of likely N-dealkylation sites (tertiary alicyclic amines) is 2. The molecule has 400 valence electrons. The number of hydrogen-bond donors (Lipinski definition) is 4. The van der Waals surface area contributed by atoms with E-state index in [4.69, 9.17) is 24.5 Å². The van der Waals surface area contributed by atoms with Gasteiger partial charge in [0.05, 0.1) is 45.8 Å². The topological polar surface area (TPSA) is 231 Å². The molecular formula is C56H67N11O8S. The Balaban J connectivity index is 0.597. The minimum atomic E-state index is -0.817. The maximum Gasteiger partial charge on any atom is 0.254 e. The van der Waals surface area contributed by atoms with E-state index in [1.165, 1.54) is 4.90 Å². The normalized spacial score (nSPS) is 23.2. The molecule has 5 fully saturated rings. The van der Waals surface area contributed by atoms with Gasteiger partial charge in [-0.2, -0.15) is 0 Å². The van der Waals surface area contributed by atoms with E-state index in [1.807, 2.05) is 74.9 Å². The molecule has 19 nitrogen and oxygen atoms in total. The first-order valence-corrected chi connectivity index (χ1v) is 27.6. The number of carbonyl (C=O) groups excluding carboxylic acids is 2. The monoisotopic (exact) mass is 1050 g/mol. The number of nitrogen functional groups attached to an aromatic ring is 1. The van der Waals surface area contributed by atoms with Gasteiger partial charge < -0.3 is 54.7 Å². The Morgan fingerprint density at radius 2 is 1.67 bits per heavy atom.